The zero-order valence-electron chi connectivity index (χ0n) is 9.03. The van der Waals surface area contributed by atoms with Gasteiger partial charge in [-0.3, -0.25) is 4.79 Å². The van der Waals surface area contributed by atoms with Crippen LogP contribution in [0.5, 0.6) is 0 Å². The number of esters is 1. The van der Waals surface area contributed by atoms with Crippen molar-refractivity contribution in [2.24, 2.45) is 0 Å². The third-order valence-electron chi connectivity index (χ3n) is 1.71. The van der Waals surface area contributed by atoms with Gasteiger partial charge in [0.05, 0.1) is 6.42 Å². The molecule has 1 aromatic carbocycles. The number of hydrogen-bond donors (Lipinski definition) is 0. The molecule has 1 unspecified atom stereocenters. The molecule has 1 rings (SSSR count). The minimum atomic E-state index is -4.36. The van der Waals surface area contributed by atoms with E-state index in [2.05, 4.69) is 4.74 Å². The second kappa shape index (κ2) is 5.95. The molecule has 0 saturated carbocycles. The Morgan fingerprint density at radius 1 is 1.35 bits per heavy atom. The van der Waals surface area contributed by atoms with Gasteiger partial charge in [-0.1, -0.05) is 30.0 Å². The van der Waals surface area contributed by atoms with E-state index in [4.69, 9.17) is 0 Å². The maximum absolute atomic E-state index is 12.3. The van der Waals surface area contributed by atoms with Crippen molar-refractivity contribution in [3.05, 3.63) is 30.3 Å². The van der Waals surface area contributed by atoms with Gasteiger partial charge < -0.3 is 4.74 Å². The SMILES string of the molecule is CC(=O)OC(CC(F)(F)F)Sc1ccccc1. The highest BCUT2D eigenvalue weighted by atomic mass is 32.2. The maximum Gasteiger partial charge on any atom is 0.393 e. The highest BCUT2D eigenvalue weighted by Crippen LogP contribution is 2.32. The molecule has 0 heterocycles. The smallest absolute Gasteiger partial charge is 0.393 e. The van der Waals surface area contributed by atoms with Gasteiger partial charge in [-0.15, -0.1) is 0 Å². The van der Waals surface area contributed by atoms with E-state index in [0.717, 1.165) is 18.7 Å². The van der Waals surface area contributed by atoms with E-state index in [9.17, 15) is 18.0 Å². The normalized spacial score (nSPS) is 13.2. The average Bonchev–Trinajstić information content (AvgIpc) is 2.15. The Morgan fingerprint density at radius 3 is 2.41 bits per heavy atom. The molecule has 0 aliphatic carbocycles. The molecule has 2 nitrogen and oxygen atoms in total. The Morgan fingerprint density at radius 2 is 1.94 bits per heavy atom. The number of ether oxygens (including phenoxy) is 1. The summed E-state index contributed by atoms with van der Waals surface area (Å²) in [5.41, 5.74) is -1.24. The number of carbonyl (C=O) groups is 1. The molecule has 6 heteroatoms. The molecule has 0 spiro atoms. The lowest BCUT2D eigenvalue weighted by atomic mass is 10.4. The van der Waals surface area contributed by atoms with Crippen molar-refractivity contribution in [3.63, 3.8) is 0 Å². The predicted octanol–water partition coefficient (Wildman–Crippen LogP) is 3.62. The standard InChI is InChI=1S/C11H11F3O2S/c1-8(15)16-10(7-11(12,13)14)17-9-5-3-2-4-6-9/h2-6,10H,7H2,1H3. The first-order chi connectivity index (χ1) is 7.87. The van der Waals surface area contributed by atoms with E-state index in [-0.39, 0.29) is 0 Å². The Labute approximate surface area is 101 Å². The molecule has 1 aromatic rings. The fraction of sp³-hybridized carbons (Fsp3) is 0.364. The van der Waals surface area contributed by atoms with Crippen LogP contribution in [0.3, 0.4) is 0 Å². The number of halogens is 3. The molecule has 0 fully saturated rings. The van der Waals surface area contributed by atoms with E-state index in [1.165, 1.54) is 0 Å². The molecule has 0 radical (unpaired) electrons. The number of alkyl halides is 3. The van der Waals surface area contributed by atoms with E-state index in [0.29, 0.717) is 4.90 Å². The van der Waals surface area contributed by atoms with Gasteiger partial charge in [0.1, 0.15) is 0 Å². The van der Waals surface area contributed by atoms with Crippen LogP contribution in [0, 0.1) is 0 Å². The third kappa shape index (κ3) is 6.21. The number of hydrogen-bond acceptors (Lipinski definition) is 3. The molecular weight excluding hydrogens is 253 g/mol. The van der Waals surface area contributed by atoms with Crippen LogP contribution in [0.1, 0.15) is 13.3 Å². The second-order valence-electron chi connectivity index (χ2n) is 3.29. The van der Waals surface area contributed by atoms with Crippen LogP contribution in [0.2, 0.25) is 0 Å². The van der Waals surface area contributed by atoms with Crippen LogP contribution in [0.25, 0.3) is 0 Å². The largest absolute Gasteiger partial charge is 0.451 e. The first-order valence-electron chi connectivity index (χ1n) is 4.82. The van der Waals surface area contributed by atoms with Crippen LogP contribution in [0.15, 0.2) is 35.2 Å². The summed E-state index contributed by atoms with van der Waals surface area (Å²) in [5, 5.41) is 0. The van der Waals surface area contributed by atoms with Crippen molar-refractivity contribution >= 4 is 17.7 Å². The Balaban J connectivity index is 2.67. The topological polar surface area (TPSA) is 26.3 Å². The first kappa shape index (κ1) is 13.9. The second-order valence-corrected chi connectivity index (χ2v) is 4.52. The number of carbonyl (C=O) groups excluding carboxylic acids is 1. The Bertz CT molecular complexity index is 365. The van der Waals surface area contributed by atoms with Gasteiger partial charge >= 0.3 is 12.1 Å². The third-order valence-corrected chi connectivity index (χ3v) is 2.78. The number of benzene rings is 1. The van der Waals surface area contributed by atoms with Crippen LogP contribution in [-0.4, -0.2) is 17.6 Å². The zero-order valence-corrected chi connectivity index (χ0v) is 9.85. The number of thioether (sulfide) groups is 1. The molecule has 94 valence electrons. The quantitative estimate of drug-likeness (QED) is 0.472. The van der Waals surface area contributed by atoms with E-state index in [1.54, 1.807) is 30.3 Å². The van der Waals surface area contributed by atoms with Gasteiger partial charge in [-0.25, -0.2) is 0 Å². The molecule has 0 N–H and O–H groups in total. The fourth-order valence-electron chi connectivity index (χ4n) is 1.13. The average molecular weight is 264 g/mol. The van der Waals surface area contributed by atoms with Gasteiger partial charge in [0, 0.05) is 11.8 Å². The molecule has 0 bridgehead atoms. The van der Waals surface area contributed by atoms with Crippen LogP contribution >= 0.6 is 11.8 Å². The summed E-state index contributed by atoms with van der Waals surface area (Å²) in [6.07, 6.45) is -5.52. The lowest BCUT2D eigenvalue weighted by Gasteiger charge is -2.17. The van der Waals surface area contributed by atoms with E-state index in [1.807, 2.05) is 0 Å². The minimum Gasteiger partial charge on any atom is -0.451 e. The molecule has 0 amide bonds. The van der Waals surface area contributed by atoms with Crippen molar-refractivity contribution < 1.29 is 22.7 Å². The molecule has 17 heavy (non-hydrogen) atoms. The van der Waals surface area contributed by atoms with Crippen LogP contribution < -0.4 is 0 Å². The van der Waals surface area contributed by atoms with Crippen LogP contribution in [0.4, 0.5) is 13.2 Å². The fourth-order valence-corrected chi connectivity index (χ4v) is 2.21. The highest BCUT2D eigenvalue weighted by Gasteiger charge is 2.34. The molecule has 0 aromatic heterocycles. The highest BCUT2D eigenvalue weighted by molar-refractivity contribution is 7.99. The summed E-state index contributed by atoms with van der Waals surface area (Å²) in [7, 11) is 0. The van der Waals surface area contributed by atoms with Crippen molar-refractivity contribution in [2.45, 2.75) is 29.9 Å². The summed E-state index contributed by atoms with van der Waals surface area (Å²) in [6.45, 7) is 1.09. The predicted molar refractivity (Wildman–Crippen MR) is 58.5 cm³/mol. The van der Waals surface area contributed by atoms with Crippen molar-refractivity contribution in [1.82, 2.24) is 0 Å². The summed E-state index contributed by atoms with van der Waals surface area (Å²) < 4.78 is 41.4. The summed E-state index contributed by atoms with van der Waals surface area (Å²) in [4.78, 5) is 11.4. The zero-order chi connectivity index (χ0) is 12.9. The molecule has 0 aliphatic heterocycles. The molecule has 0 aliphatic rings. The van der Waals surface area contributed by atoms with Gasteiger partial charge in [0.2, 0.25) is 0 Å². The van der Waals surface area contributed by atoms with Gasteiger partial charge in [-0.05, 0) is 12.1 Å². The molecule has 0 saturated heterocycles. The van der Waals surface area contributed by atoms with E-state index >= 15 is 0 Å². The Kier molecular flexibility index (Phi) is 4.86. The summed E-state index contributed by atoms with van der Waals surface area (Å²) >= 11 is 0.881. The monoisotopic (exact) mass is 264 g/mol. The van der Waals surface area contributed by atoms with E-state index < -0.39 is 24.0 Å². The van der Waals surface area contributed by atoms with Gasteiger partial charge in [0.15, 0.2) is 5.44 Å². The summed E-state index contributed by atoms with van der Waals surface area (Å²) in [6, 6.07) is 8.51. The lowest BCUT2D eigenvalue weighted by Crippen LogP contribution is -2.21. The lowest BCUT2D eigenvalue weighted by molar-refractivity contribution is -0.161. The molecular formula is C11H11F3O2S. The van der Waals surface area contributed by atoms with Crippen LogP contribution in [-0.2, 0) is 9.53 Å². The summed E-state index contributed by atoms with van der Waals surface area (Å²) in [5.74, 6) is -0.720. The van der Waals surface area contributed by atoms with Gasteiger partial charge in [-0.2, -0.15) is 13.2 Å². The van der Waals surface area contributed by atoms with Crippen molar-refractivity contribution in [3.8, 4) is 0 Å². The number of rotatable bonds is 4. The van der Waals surface area contributed by atoms with Crippen molar-refractivity contribution in [2.75, 3.05) is 0 Å². The van der Waals surface area contributed by atoms with Gasteiger partial charge in [0.25, 0.3) is 0 Å². The minimum absolute atomic E-state index is 0.628. The maximum atomic E-state index is 12.3. The molecule has 1 atom stereocenters. The Hall–Kier alpha value is -1.17. The first-order valence-corrected chi connectivity index (χ1v) is 5.70. The van der Waals surface area contributed by atoms with Crippen molar-refractivity contribution in [1.29, 1.82) is 0 Å².